The van der Waals surface area contributed by atoms with Gasteiger partial charge in [-0.05, 0) is 7.05 Å². The molecule has 1 rings (SSSR count). The van der Waals surface area contributed by atoms with E-state index in [0.29, 0.717) is 0 Å². The summed E-state index contributed by atoms with van der Waals surface area (Å²) in [7, 11) is 1.96. The Morgan fingerprint density at radius 3 is 3.30 bits per heavy atom. The third-order valence-corrected chi connectivity index (χ3v) is 2.19. The van der Waals surface area contributed by atoms with Gasteiger partial charge in [0.05, 0.1) is 6.54 Å². The second-order valence-electron chi connectivity index (χ2n) is 2.07. The van der Waals surface area contributed by atoms with Gasteiger partial charge in [-0.25, -0.2) is 0 Å². The second-order valence-corrected chi connectivity index (χ2v) is 3.15. The van der Waals surface area contributed by atoms with Crippen LogP contribution < -0.4 is 10.6 Å². The topological polar surface area (TPSA) is 36.4 Å². The molecule has 0 amide bonds. The van der Waals surface area contributed by atoms with Crippen LogP contribution in [-0.4, -0.2) is 37.6 Å². The molecule has 2 N–H and O–H groups in total. The quantitative estimate of drug-likeness (QED) is 0.565. The van der Waals surface area contributed by atoms with Gasteiger partial charge in [-0.1, -0.05) is 11.8 Å². The fourth-order valence-corrected chi connectivity index (χ4v) is 1.61. The Kier molecular flexibility index (Phi) is 3.60. The molecule has 1 aliphatic heterocycles. The van der Waals surface area contributed by atoms with Crippen LogP contribution in [0.1, 0.15) is 0 Å². The van der Waals surface area contributed by atoms with Gasteiger partial charge in [-0.2, -0.15) is 0 Å². The van der Waals surface area contributed by atoms with E-state index >= 15 is 0 Å². The van der Waals surface area contributed by atoms with Crippen LogP contribution in [0.25, 0.3) is 0 Å². The van der Waals surface area contributed by atoms with E-state index in [-0.39, 0.29) is 0 Å². The van der Waals surface area contributed by atoms with Crippen LogP contribution in [-0.2, 0) is 0 Å². The third kappa shape index (κ3) is 2.58. The molecule has 1 heterocycles. The van der Waals surface area contributed by atoms with Gasteiger partial charge < -0.3 is 10.6 Å². The number of nitrogens with one attached hydrogen (secondary N) is 2. The van der Waals surface area contributed by atoms with Crippen molar-refractivity contribution in [1.82, 2.24) is 10.6 Å². The molecule has 10 heavy (non-hydrogen) atoms. The number of hydrogen-bond acceptors (Lipinski definition) is 4. The van der Waals surface area contributed by atoms with Crippen LogP contribution in [0.4, 0.5) is 0 Å². The molecule has 0 fully saturated rings. The van der Waals surface area contributed by atoms with Gasteiger partial charge in [0.25, 0.3) is 0 Å². The maximum Gasteiger partial charge on any atom is 0.156 e. The predicted octanol–water partition coefficient (Wildman–Crippen LogP) is -0.102. The first-order valence-corrected chi connectivity index (χ1v) is 4.48. The maximum atomic E-state index is 4.25. The summed E-state index contributed by atoms with van der Waals surface area (Å²) in [4.78, 5) is 4.25. The number of hydrogen-bond donors (Lipinski definition) is 2. The Bertz CT molecular complexity index is 124. The Labute approximate surface area is 65.7 Å². The van der Waals surface area contributed by atoms with Crippen LogP contribution in [0.2, 0.25) is 0 Å². The highest BCUT2D eigenvalue weighted by molar-refractivity contribution is 8.13. The van der Waals surface area contributed by atoms with Gasteiger partial charge in [0, 0.05) is 18.8 Å². The lowest BCUT2D eigenvalue weighted by atomic mass is 10.7. The van der Waals surface area contributed by atoms with Crippen molar-refractivity contribution in [3.8, 4) is 0 Å². The highest BCUT2D eigenvalue weighted by Crippen LogP contribution is 2.03. The third-order valence-electron chi connectivity index (χ3n) is 1.23. The van der Waals surface area contributed by atoms with Crippen LogP contribution in [0, 0.1) is 0 Å². The summed E-state index contributed by atoms with van der Waals surface area (Å²) in [5.74, 6) is 1.10. The van der Waals surface area contributed by atoms with Crippen LogP contribution in [0.5, 0.6) is 0 Å². The minimum absolute atomic E-state index is 0.946. The number of thioether (sulfide) groups is 1. The molecule has 0 saturated carbocycles. The lowest BCUT2D eigenvalue weighted by molar-refractivity contribution is 0.873. The standard InChI is InChI=1S/C6H13N3S/c1-7-4-5-10-6-8-2-3-9-6/h7H,2-5H2,1H3,(H,8,9). The molecule has 0 spiro atoms. The molecule has 0 atom stereocenters. The first-order chi connectivity index (χ1) is 4.93. The summed E-state index contributed by atoms with van der Waals surface area (Å²) in [6.45, 7) is 3.01. The zero-order valence-electron chi connectivity index (χ0n) is 6.18. The molecule has 58 valence electrons. The van der Waals surface area contributed by atoms with E-state index in [9.17, 15) is 0 Å². The Balaban J connectivity index is 2.01. The largest absolute Gasteiger partial charge is 0.363 e. The molecule has 0 aromatic heterocycles. The van der Waals surface area contributed by atoms with E-state index in [4.69, 9.17) is 0 Å². The van der Waals surface area contributed by atoms with Crippen molar-refractivity contribution >= 4 is 16.9 Å². The summed E-state index contributed by atoms with van der Waals surface area (Å²) in [5.41, 5.74) is 0. The molecular weight excluding hydrogens is 146 g/mol. The van der Waals surface area contributed by atoms with Gasteiger partial charge >= 0.3 is 0 Å². The molecule has 4 heteroatoms. The van der Waals surface area contributed by atoms with E-state index in [0.717, 1.165) is 30.6 Å². The van der Waals surface area contributed by atoms with Crippen molar-refractivity contribution in [3.63, 3.8) is 0 Å². The number of rotatable bonds is 3. The average Bonchev–Trinajstić information content (AvgIpc) is 2.41. The number of nitrogens with zero attached hydrogens (tertiary/aromatic N) is 1. The molecule has 0 aromatic rings. The summed E-state index contributed by atoms with van der Waals surface area (Å²) in [6.07, 6.45) is 0. The summed E-state index contributed by atoms with van der Waals surface area (Å²) in [6, 6.07) is 0. The van der Waals surface area contributed by atoms with Gasteiger partial charge in [0.2, 0.25) is 0 Å². The van der Waals surface area contributed by atoms with Gasteiger partial charge in [0.1, 0.15) is 0 Å². The fourth-order valence-electron chi connectivity index (χ4n) is 0.723. The van der Waals surface area contributed by atoms with E-state index in [1.165, 1.54) is 0 Å². The van der Waals surface area contributed by atoms with Crippen molar-refractivity contribution < 1.29 is 0 Å². The normalized spacial score (nSPS) is 16.7. The van der Waals surface area contributed by atoms with Gasteiger partial charge in [-0.15, -0.1) is 0 Å². The molecular formula is C6H13N3S. The number of amidine groups is 1. The first kappa shape index (κ1) is 7.88. The molecule has 3 nitrogen and oxygen atoms in total. The lowest BCUT2D eigenvalue weighted by Crippen LogP contribution is -2.18. The van der Waals surface area contributed by atoms with E-state index in [2.05, 4.69) is 15.6 Å². The van der Waals surface area contributed by atoms with E-state index in [1.807, 2.05) is 7.05 Å². The van der Waals surface area contributed by atoms with Gasteiger partial charge in [-0.3, -0.25) is 4.99 Å². The Morgan fingerprint density at radius 2 is 2.70 bits per heavy atom. The molecule has 1 aliphatic rings. The first-order valence-electron chi connectivity index (χ1n) is 3.49. The van der Waals surface area contributed by atoms with Crippen molar-refractivity contribution in [2.45, 2.75) is 0 Å². The molecule has 0 aliphatic carbocycles. The Hall–Kier alpha value is -0.220. The molecule has 0 unspecified atom stereocenters. The summed E-state index contributed by atoms with van der Waals surface area (Å²) >= 11 is 1.78. The molecule has 0 radical (unpaired) electrons. The zero-order chi connectivity index (χ0) is 7.23. The molecule has 0 aromatic carbocycles. The maximum absolute atomic E-state index is 4.25. The summed E-state index contributed by atoms with van der Waals surface area (Å²) < 4.78 is 0. The van der Waals surface area contributed by atoms with E-state index < -0.39 is 0 Å². The molecule has 0 saturated heterocycles. The zero-order valence-corrected chi connectivity index (χ0v) is 7.00. The minimum Gasteiger partial charge on any atom is -0.363 e. The van der Waals surface area contributed by atoms with Gasteiger partial charge in [0.15, 0.2) is 5.17 Å². The Morgan fingerprint density at radius 1 is 1.80 bits per heavy atom. The lowest BCUT2D eigenvalue weighted by Gasteiger charge is -1.99. The van der Waals surface area contributed by atoms with E-state index in [1.54, 1.807) is 11.8 Å². The molecule has 0 bridgehead atoms. The average molecular weight is 159 g/mol. The monoisotopic (exact) mass is 159 g/mol. The van der Waals surface area contributed by atoms with Crippen molar-refractivity contribution in [2.24, 2.45) is 4.99 Å². The smallest absolute Gasteiger partial charge is 0.156 e. The van der Waals surface area contributed by atoms with Crippen molar-refractivity contribution in [3.05, 3.63) is 0 Å². The van der Waals surface area contributed by atoms with Crippen LogP contribution in [0.3, 0.4) is 0 Å². The number of aliphatic imine (C=N–C) groups is 1. The van der Waals surface area contributed by atoms with Crippen molar-refractivity contribution in [2.75, 3.05) is 32.4 Å². The fraction of sp³-hybridized carbons (Fsp3) is 0.833. The highest BCUT2D eigenvalue weighted by atomic mass is 32.2. The second kappa shape index (κ2) is 4.57. The minimum atomic E-state index is 0.946. The summed E-state index contributed by atoms with van der Waals surface area (Å²) in [5, 5.41) is 7.40. The highest BCUT2D eigenvalue weighted by Gasteiger charge is 2.03. The van der Waals surface area contributed by atoms with Crippen LogP contribution in [0.15, 0.2) is 4.99 Å². The predicted molar refractivity (Wildman–Crippen MR) is 46.7 cm³/mol. The van der Waals surface area contributed by atoms with Crippen LogP contribution >= 0.6 is 11.8 Å². The SMILES string of the molecule is CNCCSC1=NCCN1. The van der Waals surface area contributed by atoms with Crippen molar-refractivity contribution in [1.29, 1.82) is 0 Å².